The van der Waals surface area contributed by atoms with Gasteiger partial charge in [0.2, 0.25) is 0 Å². The fraction of sp³-hybridized carbons (Fsp3) is 0.0667. The minimum atomic E-state index is -1.22. The van der Waals surface area contributed by atoms with Gasteiger partial charge in [0, 0.05) is 0 Å². The molecule has 0 saturated heterocycles. The molecule has 0 fully saturated rings. The van der Waals surface area contributed by atoms with Gasteiger partial charge in [0.15, 0.2) is 0 Å². The van der Waals surface area contributed by atoms with Gasteiger partial charge in [0.05, 0.1) is 0 Å². The van der Waals surface area contributed by atoms with E-state index in [0.29, 0.717) is 0 Å². The maximum absolute atomic E-state index is 2.35. The summed E-state index contributed by atoms with van der Waals surface area (Å²) in [4.78, 5) is 3.08. The van der Waals surface area contributed by atoms with Crippen molar-refractivity contribution in [2.75, 3.05) is 0 Å². The summed E-state index contributed by atoms with van der Waals surface area (Å²) in [5, 5.41) is 4.51. The maximum atomic E-state index is 2.35. The number of rotatable bonds is 1. The Bertz CT molecular complexity index is 666. The van der Waals surface area contributed by atoms with Crippen molar-refractivity contribution in [1.82, 2.24) is 0 Å². The second-order valence-electron chi connectivity index (χ2n) is 4.44. The second-order valence-corrected chi connectivity index (χ2v) is 10.8. The standard InChI is InChI=1S/C15H11AsS2/c1-10-2-4-11(5-3-10)16-12-6-8-17-14(12)15-13(16)7-9-18-15/h2-9H,1H3. The third-order valence-electron chi connectivity index (χ3n) is 3.27. The first-order valence-corrected chi connectivity index (χ1v) is 10.4. The van der Waals surface area contributed by atoms with Gasteiger partial charge in [-0.15, -0.1) is 0 Å². The Morgan fingerprint density at radius 2 is 1.33 bits per heavy atom. The van der Waals surface area contributed by atoms with E-state index < -0.39 is 14.7 Å². The summed E-state index contributed by atoms with van der Waals surface area (Å²) in [6.45, 7) is 2.16. The molecule has 0 amide bonds. The Labute approximate surface area is 119 Å². The molecule has 3 heteroatoms. The molecule has 0 spiro atoms. The first-order chi connectivity index (χ1) is 8.84. The molecule has 3 aromatic rings. The van der Waals surface area contributed by atoms with Gasteiger partial charge in [-0.05, 0) is 0 Å². The van der Waals surface area contributed by atoms with Crippen LogP contribution in [0.5, 0.6) is 0 Å². The molecule has 18 heavy (non-hydrogen) atoms. The summed E-state index contributed by atoms with van der Waals surface area (Å²) in [6, 6.07) is 13.9. The quantitative estimate of drug-likeness (QED) is 0.471. The molecule has 1 aliphatic rings. The third kappa shape index (κ3) is 1.49. The molecule has 0 N–H and O–H groups in total. The zero-order valence-corrected chi connectivity index (χ0v) is 13.4. The van der Waals surface area contributed by atoms with E-state index in [4.69, 9.17) is 0 Å². The van der Waals surface area contributed by atoms with Gasteiger partial charge in [0.1, 0.15) is 0 Å². The number of thiophene rings is 2. The van der Waals surface area contributed by atoms with Gasteiger partial charge >= 0.3 is 120 Å². The average Bonchev–Trinajstić information content (AvgIpc) is 3.03. The van der Waals surface area contributed by atoms with E-state index in [1.54, 1.807) is 22.8 Å². The molecule has 4 rings (SSSR count). The first-order valence-electron chi connectivity index (χ1n) is 5.87. The molecule has 3 heterocycles. The van der Waals surface area contributed by atoms with Crippen LogP contribution in [0.15, 0.2) is 47.2 Å². The van der Waals surface area contributed by atoms with Crippen molar-refractivity contribution in [1.29, 1.82) is 0 Å². The van der Waals surface area contributed by atoms with Crippen LogP contribution in [0, 0.1) is 6.92 Å². The number of hydrogen-bond acceptors (Lipinski definition) is 2. The molecule has 1 aromatic carbocycles. The van der Waals surface area contributed by atoms with Crippen molar-refractivity contribution in [2.45, 2.75) is 6.92 Å². The predicted molar refractivity (Wildman–Crippen MR) is 83.5 cm³/mol. The summed E-state index contributed by atoms with van der Waals surface area (Å²) in [6.07, 6.45) is 0. The van der Waals surface area contributed by atoms with E-state index in [9.17, 15) is 0 Å². The zero-order chi connectivity index (χ0) is 12.1. The van der Waals surface area contributed by atoms with Crippen LogP contribution in [-0.2, 0) is 0 Å². The molecule has 0 nitrogen and oxygen atoms in total. The molecule has 0 unspecified atom stereocenters. The van der Waals surface area contributed by atoms with E-state index in [2.05, 4.69) is 54.1 Å². The van der Waals surface area contributed by atoms with Crippen LogP contribution in [0.1, 0.15) is 5.56 Å². The van der Waals surface area contributed by atoms with Crippen LogP contribution in [0.4, 0.5) is 0 Å². The van der Waals surface area contributed by atoms with Gasteiger partial charge in [-0.1, -0.05) is 0 Å². The molecule has 0 aliphatic carbocycles. The van der Waals surface area contributed by atoms with Crippen LogP contribution in [0.25, 0.3) is 9.75 Å². The molecule has 0 radical (unpaired) electrons. The Kier molecular flexibility index (Phi) is 2.51. The summed E-state index contributed by atoms with van der Waals surface area (Å²) in [7, 11) is 0. The Morgan fingerprint density at radius 3 is 1.89 bits per heavy atom. The fourth-order valence-electron chi connectivity index (χ4n) is 2.40. The van der Waals surface area contributed by atoms with E-state index in [0.717, 1.165) is 0 Å². The van der Waals surface area contributed by atoms with E-state index in [-0.39, 0.29) is 0 Å². The van der Waals surface area contributed by atoms with Crippen molar-refractivity contribution < 1.29 is 0 Å². The van der Waals surface area contributed by atoms with Gasteiger partial charge in [-0.25, -0.2) is 0 Å². The van der Waals surface area contributed by atoms with Gasteiger partial charge in [-0.3, -0.25) is 0 Å². The van der Waals surface area contributed by atoms with Gasteiger partial charge in [-0.2, -0.15) is 0 Å². The molecular formula is C15H11AsS2. The number of hydrogen-bond donors (Lipinski definition) is 0. The van der Waals surface area contributed by atoms with E-state index in [1.165, 1.54) is 5.56 Å². The van der Waals surface area contributed by atoms with Crippen molar-refractivity contribution in [3.8, 4) is 9.75 Å². The van der Waals surface area contributed by atoms with E-state index >= 15 is 0 Å². The molecule has 0 atom stereocenters. The molecule has 0 bridgehead atoms. The molecular weight excluding hydrogens is 319 g/mol. The Morgan fingerprint density at radius 1 is 0.778 bits per heavy atom. The normalized spacial score (nSPS) is 13.6. The second kappa shape index (κ2) is 4.09. The monoisotopic (exact) mass is 330 g/mol. The number of fused-ring (bicyclic) bond motifs is 3. The molecule has 1 aliphatic heterocycles. The molecule has 2 aromatic heterocycles. The van der Waals surface area contributed by atoms with Crippen molar-refractivity contribution in [3.63, 3.8) is 0 Å². The minimum absolute atomic E-state index is 1.22. The summed E-state index contributed by atoms with van der Waals surface area (Å²) < 4.78 is 4.83. The third-order valence-corrected chi connectivity index (χ3v) is 11.2. The van der Waals surface area contributed by atoms with Crippen LogP contribution < -0.4 is 13.1 Å². The predicted octanol–water partition coefficient (Wildman–Crippen LogP) is 2.61. The summed E-state index contributed by atoms with van der Waals surface area (Å²) in [5.41, 5.74) is 1.35. The molecule has 88 valence electrons. The Balaban J connectivity index is 1.94. The van der Waals surface area contributed by atoms with Crippen molar-refractivity contribution in [3.05, 3.63) is 52.7 Å². The SMILES string of the molecule is Cc1ccc([As]2c3ccsc3-c3sccc32)cc1. The zero-order valence-electron chi connectivity index (χ0n) is 9.88. The van der Waals surface area contributed by atoms with E-state index in [1.807, 2.05) is 22.7 Å². The van der Waals surface area contributed by atoms with Crippen molar-refractivity contribution >= 4 is 50.4 Å². The van der Waals surface area contributed by atoms with Gasteiger partial charge < -0.3 is 0 Å². The Hall–Kier alpha value is -0.822. The fourth-order valence-corrected chi connectivity index (χ4v) is 11.5. The number of benzene rings is 1. The summed E-state index contributed by atoms with van der Waals surface area (Å²) >= 11 is 2.60. The van der Waals surface area contributed by atoms with Gasteiger partial charge in [0.25, 0.3) is 0 Å². The summed E-state index contributed by atoms with van der Waals surface area (Å²) in [5.74, 6) is 0. The van der Waals surface area contributed by atoms with Crippen molar-refractivity contribution in [2.24, 2.45) is 0 Å². The van der Waals surface area contributed by atoms with Crippen LogP contribution in [-0.4, -0.2) is 14.7 Å². The number of aryl methyl sites for hydroxylation is 1. The van der Waals surface area contributed by atoms with Crippen LogP contribution in [0.3, 0.4) is 0 Å². The topological polar surface area (TPSA) is 0 Å². The van der Waals surface area contributed by atoms with Crippen LogP contribution >= 0.6 is 22.7 Å². The van der Waals surface area contributed by atoms with Crippen LogP contribution in [0.2, 0.25) is 0 Å². The first kappa shape index (κ1) is 11.0. The average molecular weight is 330 g/mol. The molecule has 0 saturated carbocycles.